The Hall–Kier alpha value is -0.890. The van der Waals surface area contributed by atoms with Gasteiger partial charge in [0.1, 0.15) is 0 Å². The Kier molecular flexibility index (Phi) is 4.34. The normalized spacial score (nSPS) is 19.6. The predicted molar refractivity (Wildman–Crippen MR) is 67.1 cm³/mol. The molecule has 0 saturated heterocycles. The molecule has 1 saturated carbocycles. The van der Waals surface area contributed by atoms with Crippen molar-refractivity contribution in [2.24, 2.45) is 11.7 Å². The van der Waals surface area contributed by atoms with Crippen LogP contribution in [0.3, 0.4) is 0 Å². The SMILES string of the molecule is NC(Cc1ccncc1)CC1CCCCC1. The summed E-state index contributed by atoms with van der Waals surface area (Å²) in [6.07, 6.45) is 12.9. The second-order valence-corrected chi connectivity index (χ2v) is 5.06. The molecule has 0 amide bonds. The second kappa shape index (κ2) is 6.00. The van der Waals surface area contributed by atoms with Crippen molar-refractivity contribution >= 4 is 0 Å². The van der Waals surface area contributed by atoms with Crippen molar-refractivity contribution in [3.63, 3.8) is 0 Å². The van der Waals surface area contributed by atoms with Crippen LogP contribution in [0.25, 0.3) is 0 Å². The maximum absolute atomic E-state index is 6.22. The van der Waals surface area contributed by atoms with Gasteiger partial charge in [0.15, 0.2) is 0 Å². The molecular formula is C14H22N2. The average molecular weight is 218 g/mol. The van der Waals surface area contributed by atoms with Crippen LogP contribution in [0.1, 0.15) is 44.1 Å². The zero-order valence-corrected chi connectivity index (χ0v) is 9.94. The van der Waals surface area contributed by atoms with Gasteiger partial charge in [0.05, 0.1) is 0 Å². The van der Waals surface area contributed by atoms with E-state index >= 15 is 0 Å². The van der Waals surface area contributed by atoms with Crippen LogP contribution in [-0.4, -0.2) is 11.0 Å². The minimum absolute atomic E-state index is 0.325. The van der Waals surface area contributed by atoms with Gasteiger partial charge in [-0.25, -0.2) is 0 Å². The molecule has 2 N–H and O–H groups in total. The van der Waals surface area contributed by atoms with Gasteiger partial charge in [0.2, 0.25) is 0 Å². The van der Waals surface area contributed by atoms with E-state index < -0.39 is 0 Å². The molecular weight excluding hydrogens is 196 g/mol. The van der Waals surface area contributed by atoms with Gasteiger partial charge >= 0.3 is 0 Å². The molecule has 1 heterocycles. The zero-order valence-electron chi connectivity index (χ0n) is 9.94. The molecule has 0 spiro atoms. The third-order valence-corrected chi connectivity index (χ3v) is 3.61. The lowest BCUT2D eigenvalue weighted by Gasteiger charge is -2.24. The molecule has 0 radical (unpaired) electrons. The van der Waals surface area contributed by atoms with Gasteiger partial charge in [-0.2, -0.15) is 0 Å². The second-order valence-electron chi connectivity index (χ2n) is 5.06. The number of hydrogen-bond donors (Lipinski definition) is 1. The molecule has 1 atom stereocenters. The monoisotopic (exact) mass is 218 g/mol. The van der Waals surface area contributed by atoms with Gasteiger partial charge in [-0.15, -0.1) is 0 Å². The van der Waals surface area contributed by atoms with Crippen molar-refractivity contribution in [3.05, 3.63) is 30.1 Å². The number of nitrogens with zero attached hydrogens (tertiary/aromatic N) is 1. The van der Waals surface area contributed by atoms with Gasteiger partial charge < -0.3 is 5.73 Å². The first kappa shape index (κ1) is 11.6. The summed E-state index contributed by atoms with van der Waals surface area (Å²) in [7, 11) is 0. The first-order valence-electron chi connectivity index (χ1n) is 6.49. The lowest BCUT2D eigenvalue weighted by molar-refractivity contribution is 0.317. The van der Waals surface area contributed by atoms with E-state index in [9.17, 15) is 0 Å². The van der Waals surface area contributed by atoms with Gasteiger partial charge in [0, 0.05) is 18.4 Å². The fraction of sp³-hybridized carbons (Fsp3) is 0.643. The molecule has 0 aliphatic heterocycles. The van der Waals surface area contributed by atoms with E-state index in [1.807, 2.05) is 12.4 Å². The predicted octanol–water partition coefficient (Wildman–Crippen LogP) is 2.92. The van der Waals surface area contributed by atoms with E-state index in [4.69, 9.17) is 5.73 Å². The van der Waals surface area contributed by atoms with Crippen LogP contribution in [0.15, 0.2) is 24.5 Å². The summed E-state index contributed by atoms with van der Waals surface area (Å²) >= 11 is 0. The Labute approximate surface area is 98.3 Å². The highest BCUT2D eigenvalue weighted by atomic mass is 14.6. The summed E-state index contributed by atoms with van der Waals surface area (Å²) < 4.78 is 0. The third-order valence-electron chi connectivity index (χ3n) is 3.61. The summed E-state index contributed by atoms with van der Waals surface area (Å²) in [6, 6.07) is 4.46. The highest BCUT2D eigenvalue weighted by Crippen LogP contribution is 2.27. The number of rotatable bonds is 4. The van der Waals surface area contributed by atoms with Crippen LogP contribution >= 0.6 is 0 Å². The van der Waals surface area contributed by atoms with Crippen molar-refractivity contribution in [1.29, 1.82) is 0 Å². The van der Waals surface area contributed by atoms with Crippen LogP contribution in [-0.2, 0) is 6.42 Å². The van der Waals surface area contributed by atoms with E-state index in [0.29, 0.717) is 6.04 Å². The van der Waals surface area contributed by atoms with Crippen LogP contribution in [0.2, 0.25) is 0 Å². The van der Waals surface area contributed by atoms with E-state index in [1.165, 1.54) is 44.1 Å². The number of pyridine rings is 1. The summed E-state index contributed by atoms with van der Waals surface area (Å²) in [6.45, 7) is 0. The third kappa shape index (κ3) is 3.60. The lowest BCUT2D eigenvalue weighted by atomic mass is 9.84. The first-order chi connectivity index (χ1) is 7.84. The Balaban J connectivity index is 1.77. The van der Waals surface area contributed by atoms with Crippen LogP contribution in [0, 0.1) is 5.92 Å². The molecule has 1 aromatic heterocycles. The van der Waals surface area contributed by atoms with Gasteiger partial charge in [-0.3, -0.25) is 4.98 Å². The molecule has 2 rings (SSSR count). The molecule has 2 nitrogen and oxygen atoms in total. The Bertz CT molecular complexity index is 291. The first-order valence-corrected chi connectivity index (χ1v) is 6.49. The molecule has 0 bridgehead atoms. The molecule has 1 fully saturated rings. The quantitative estimate of drug-likeness (QED) is 0.844. The van der Waals surface area contributed by atoms with E-state index in [2.05, 4.69) is 17.1 Å². The summed E-state index contributed by atoms with van der Waals surface area (Å²) in [5, 5.41) is 0. The van der Waals surface area contributed by atoms with Crippen LogP contribution in [0.4, 0.5) is 0 Å². The molecule has 88 valence electrons. The standard InChI is InChI=1S/C14H22N2/c15-14(10-12-4-2-1-3-5-12)11-13-6-8-16-9-7-13/h6-9,12,14H,1-5,10-11,15H2. The molecule has 16 heavy (non-hydrogen) atoms. The molecule has 1 unspecified atom stereocenters. The number of hydrogen-bond acceptors (Lipinski definition) is 2. The van der Waals surface area contributed by atoms with Crippen molar-refractivity contribution < 1.29 is 0 Å². The summed E-state index contributed by atoms with van der Waals surface area (Å²) in [5.74, 6) is 0.880. The Morgan fingerprint density at radius 3 is 2.56 bits per heavy atom. The van der Waals surface area contributed by atoms with E-state index in [1.54, 1.807) is 0 Å². The lowest BCUT2D eigenvalue weighted by Crippen LogP contribution is -2.27. The minimum Gasteiger partial charge on any atom is -0.327 e. The molecule has 0 aromatic carbocycles. The van der Waals surface area contributed by atoms with E-state index in [-0.39, 0.29) is 0 Å². The summed E-state index contributed by atoms with van der Waals surface area (Å²) in [5.41, 5.74) is 7.53. The van der Waals surface area contributed by atoms with Crippen molar-refractivity contribution in [2.45, 2.75) is 51.0 Å². The largest absolute Gasteiger partial charge is 0.327 e. The minimum atomic E-state index is 0.325. The maximum Gasteiger partial charge on any atom is 0.0270 e. The van der Waals surface area contributed by atoms with Gasteiger partial charge in [0.25, 0.3) is 0 Å². The van der Waals surface area contributed by atoms with Crippen LogP contribution < -0.4 is 5.73 Å². The molecule has 2 heteroatoms. The number of aromatic nitrogens is 1. The topological polar surface area (TPSA) is 38.9 Å². The fourth-order valence-electron chi connectivity index (χ4n) is 2.76. The highest BCUT2D eigenvalue weighted by Gasteiger charge is 2.16. The summed E-state index contributed by atoms with van der Waals surface area (Å²) in [4.78, 5) is 4.03. The zero-order chi connectivity index (χ0) is 11.2. The fourth-order valence-corrected chi connectivity index (χ4v) is 2.76. The molecule has 1 aliphatic rings. The molecule has 1 aliphatic carbocycles. The Morgan fingerprint density at radius 2 is 1.88 bits per heavy atom. The smallest absolute Gasteiger partial charge is 0.0270 e. The Morgan fingerprint density at radius 1 is 1.19 bits per heavy atom. The average Bonchev–Trinajstić information content (AvgIpc) is 2.31. The van der Waals surface area contributed by atoms with E-state index in [0.717, 1.165) is 12.3 Å². The number of nitrogens with two attached hydrogens (primary N) is 1. The van der Waals surface area contributed by atoms with Gasteiger partial charge in [-0.1, -0.05) is 32.1 Å². The molecule has 1 aromatic rings. The maximum atomic E-state index is 6.22. The highest BCUT2D eigenvalue weighted by molar-refractivity contribution is 5.11. The van der Waals surface area contributed by atoms with Crippen molar-refractivity contribution in [1.82, 2.24) is 4.98 Å². The van der Waals surface area contributed by atoms with Crippen molar-refractivity contribution in [2.75, 3.05) is 0 Å². The van der Waals surface area contributed by atoms with Gasteiger partial charge in [-0.05, 0) is 36.5 Å². The van der Waals surface area contributed by atoms with Crippen LogP contribution in [0.5, 0.6) is 0 Å². The van der Waals surface area contributed by atoms with Crippen molar-refractivity contribution in [3.8, 4) is 0 Å².